The molecule has 0 fully saturated rings. The molecule has 100 valence electrons. The first kappa shape index (κ1) is 12.5. The Labute approximate surface area is 113 Å². The van der Waals surface area contributed by atoms with Gasteiger partial charge in [-0.25, -0.2) is 13.8 Å². The Hall–Kier alpha value is -2.56. The highest BCUT2D eigenvalue weighted by atomic mass is 19.1. The number of fused-ring (bicyclic) bond motifs is 1. The molecule has 20 heavy (non-hydrogen) atoms. The number of halogens is 2. The molecule has 1 aromatic heterocycles. The lowest BCUT2D eigenvalue weighted by Crippen LogP contribution is -2.10. The van der Waals surface area contributed by atoms with Crippen LogP contribution < -0.4 is 0 Å². The highest BCUT2D eigenvalue weighted by Gasteiger charge is 2.11. The van der Waals surface area contributed by atoms with Crippen LogP contribution in [0.2, 0.25) is 0 Å². The Morgan fingerprint density at radius 3 is 2.55 bits per heavy atom. The van der Waals surface area contributed by atoms with Gasteiger partial charge < -0.3 is 4.57 Å². The molecule has 0 radical (unpaired) electrons. The summed E-state index contributed by atoms with van der Waals surface area (Å²) in [5, 5.41) is 0. The highest BCUT2D eigenvalue weighted by Crippen LogP contribution is 2.14. The Kier molecular flexibility index (Phi) is 3.02. The smallest absolute Gasteiger partial charge is 0.182 e. The Morgan fingerprint density at radius 1 is 1.10 bits per heavy atom. The zero-order valence-electron chi connectivity index (χ0n) is 10.4. The molecule has 0 N–H and O–H groups in total. The molecule has 0 aliphatic rings. The molecule has 0 aliphatic carbocycles. The van der Waals surface area contributed by atoms with Crippen LogP contribution in [0.4, 0.5) is 8.78 Å². The van der Waals surface area contributed by atoms with Gasteiger partial charge in [0.2, 0.25) is 0 Å². The van der Waals surface area contributed by atoms with E-state index in [9.17, 15) is 13.6 Å². The van der Waals surface area contributed by atoms with Crippen molar-refractivity contribution < 1.29 is 13.6 Å². The van der Waals surface area contributed by atoms with E-state index < -0.39 is 11.6 Å². The van der Waals surface area contributed by atoms with Crippen molar-refractivity contribution in [1.82, 2.24) is 9.55 Å². The van der Waals surface area contributed by atoms with Gasteiger partial charge in [0.15, 0.2) is 5.78 Å². The third kappa shape index (κ3) is 2.30. The average molecular weight is 272 g/mol. The van der Waals surface area contributed by atoms with E-state index in [4.69, 9.17) is 0 Å². The maximum Gasteiger partial charge on any atom is 0.182 e. The molecular weight excluding hydrogens is 262 g/mol. The average Bonchev–Trinajstić information content (AvgIpc) is 2.81. The second-order valence-electron chi connectivity index (χ2n) is 4.44. The molecule has 1 heterocycles. The van der Waals surface area contributed by atoms with Gasteiger partial charge in [-0.1, -0.05) is 12.1 Å². The number of carbonyl (C=O) groups excluding carboxylic acids is 1. The standard InChI is InChI=1S/C15H10F2N2O/c16-11-5-10(6-12(17)7-11)15(20)8-19-9-18-13-3-1-2-4-14(13)19/h1-7,9H,8H2. The largest absolute Gasteiger partial charge is 0.323 e. The fourth-order valence-electron chi connectivity index (χ4n) is 2.10. The van der Waals surface area contributed by atoms with Crippen LogP contribution >= 0.6 is 0 Å². The summed E-state index contributed by atoms with van der Waals surface area (Å²) in [5.74, 6) is -1.89. The minimum Gasteiger partial charge on any atom is -0.323 e. The van der Waals surface area contributed by atoms with Crippen molar-refractivity contribution in [3.63, 3.8) is 0 Å². The third-order valence-corrected chi connectivity index (χ3v) is 3.03. The third-order valence-electron chi connectivity index (χ3n) is 3.03. The fourth-order valence-corrected chi connectivity index (χ4v) is 2.10. The molecule has 0 spiro atoms. The molecule has 3 rings (SSSR count). The van der Waals surface area contributed by atoms with Crippen LogP contribution in [0.15, 0.2) is 48.8 Å². The van der Waals surface area contributed by atoms with Gasteiger partial charge in [-0.05, 0) is 24.3 Å². The van der Waals surface area contributed by atoms with Crippen LogP contribution in [-0.4, -0.2) is 15.3 Å². The van der Waals surface area contributed by atoms with E-state index in [0.29, 0.717) is 0 Å². The predicted octanol–water partition coefficient (Wildman–Crippen LogP) is 3.20. The lowest BCUT2D eigenvalue weighted by molar-refractivity contribution is 0.0972. The summed E-state index contributed by atoms with van der Waals surface area (Å²) in [6.07, 6.45) is 1.54. The zero-order chi connectivity index (χ0) is 14.1. The molecule has 0 atom stereocenters. The summed E-state index contributed by atoms with van der Waals surface area (Å²) < 4.78 is 27.9. The van der Waals surface area contributed by atoms with Gasteiger partial charge in [0, 0.05) is 11.6 Å². The van der Waals surface area contributed by atoms with E-state index >= 15 is 0 Å². The molecule has 2 aromatic carbocycles. The fraction of sp³-hybridized carbons (Fsp3) is 0.0667. The van der Waals surface area contributed by atoms with Crippen molar-refractivity contribution in [3.8, 4) is 0 Å². The number of hydrogen-bond donors (Lipinski definition) is 0. The number of benzene rings is 2. The van der Waals surface area contributed by atoms with Gasteiger partial charge in [-0.15, -0.1) is 0 Å². The van der Waals surface area contributed by atoms with E-state index in [-0.39, 0.29) is 17.9 Å². The van der Waals surface area contributed by atoms with Crippen molar-refractivity contribution in [3.05, 3.63) is 66.0 Å². The van der Waals surface area contributed by atoms with Gasteiger partial charge in [-0.3, -0.25) is 4.79 Å². The van der Waals surface area contributed by atoms with Crippen LogP contribution in [0.5, 0.6) is 0 Å². The minimum absolute atomic E-state index is 0.0105. The Balaban J connectivity index is 1.92. The van der Waals surface area contributed by atoms with Crippen LogP contribution in [0, 0.1) is 11.6 Å². The van der Waals surface area contributed by atoms with Gasteiger partial charge >= 0.3 is 0 Å². The van der Waals surface area contributed by atoms with E-state index in [1.165, 1.54) is 6.33 Å². The molecule has 0 saturated carbocycles. The number of para-hydroxylation sites is 2. The predicted molar refractivity (Wildman–Crippen MR) is 70.4 cm³/mol. The first-order chi connectivity index (χ1) is 9.63. The van der Waals surface area contributed by atoms with Crippen molar-refractivity contribution in [2.24, 2.45) is 0 Å². The van der Waals surface area contributed by atoms with Gasteiger partial charge in [0.1, 0.15) is 11.6 Å². The molecule has 5 heteroatoms. The summed E-state index contributed by atoms with van der Waals surface area (Å²) in [6, 6.07) is 10.2. The first-order valence-electron chi connectivity index (χ1n) is 6.02. The Bertz CT molecular complexity index is 775. The van der Waals surface area contributed by atoms with E-state index in [2.05, 4.69) is 4.98 Å². The lowest BCUT2D eigenvalue weighted by atomic mass is 10.1. The first-order valence-corrected chi connectivity index (χ1v) is 6.02. The maximum atomic E-state index is 13.1. The number of Topliss-reactive ketones (excluding diaryl/α,β-unsaturated/α-hetero) is 1. The molecule has 0 saturated heterocycles. The summed E-state index contributed by atoms with van der Waals surface area (Å²) in [6.45, 7) is -0.0105. The van der Waals surface area contributed by atoms with E-state index in [1.807, 2.05) is 24.3 Å². The molecule has 0 unspecified atom stereocenters. The lowest BCUT2D eigenvalue weighted by Gasteiger charge is -2.04. The number of ketones is 1. The monoisotopic (exact) mass is 272 g/mol. The molecule has 0 amide bonds. The van der Waals surface area contributed by atoms with E-state index in [1.54, 1.807) is 4.57 Å². The molecular formula is C15H10F2N2O. The number of hydrogen-bond acceptors (Lipinski definition) is 2. The molecule has 0 bridgehead atoms. The summed E-state index contributed by atoms with van der Waals surface area (Å²) in [5.41, 5.74) is 1.59. The second kappa shape index (κ2) is 4.85. The Morgan fingerprint density at radius 2 is 1.80 bits per heavy atom. The van der Waals surface area contributed by atoms with Gasteiger partial charge in [0.25, 0.3) is 0 Å². The van der Waals surface area contributed by atoms with Crippen molar-refractivity contribution >= 4 is 16.8 Å². The molecule has 3 aromatic rings. The van der Waals surface area contributed by atoms with E-state index in [0.717, 1.165) is 29.2 Å². The van der Waals surface area contributed by atoms with Crippen molar-refractivity contribution in [2.45, 2.75) is 6.54 Å². The minimum atomic E-state index is -0.760. The van der Waals surface area contributed by atoms with Gasteiger partial charge in [0.05, 0.1) is 23.9 Å². The van der Waals surface area contributed by atoms with Crippen LogP contribution in [0.25, 0.3) is 11.0 Å². The number of carbonyl (C=O) groups is 1. The summed E-state index contributed by atoms with van der Waals surface area (Å²) in [7, 11) is 0. The second-order valence-corrected chi connectivity index (χ2v) is 4.44. The SMILES string of the molecule is O=C(Cn1cnc2ccccc21)c1cc(F)cc(F)c1. The number of nitrogens with zero attached hydrogens (tertiary/aromatic N) is 2. The normalized spacial score (nSPS) is 10.9. The maximum absolute atomic E-state index is 13.1. The molecule has 3 nitrogen and oxygen atoms in total. The quantitative estimate of drug-likeness (QED) is 0.686. The van der Waals surface area contributed by atoms with Crippen LogP contribution in [0.3, 0.4) is 0 Å². The number of imidazole rings is 1. The topological polar surface area (TPSA) is 34.9 Å². The number of rotatable bonds is 3. The highest BCUT2D eigenvalue weighted by molar-refractivity contribution is 5.96. The zero-order valence-corrected chi connectivity index (χ0v) is 10.4. The number of aromatic nitrogens is 2. The summed E-state index contributed by atoms with van der Waals surface area (Å²) >= 11 is 0. The van der Waals surface area contributed by atoms with Crippen molar-refractivity contribution in [2.75, 3.05) is 0 Å². The van der Waals surface area contributed by atoms with Crippen LogP contribution in [-0.2, 0) is 6.54 Å². The molecule has 0 aliphatic heterocycles. The summed E-state index contributed by atoms with van der Waals surface area (Å²) in [4.78, 5) is 16.2. The van der Waals surface area contributed by atoms with Gasteiger partial charge in [-0.2, -0.15) is 0 Å². The van der Waals surface area contributed by atoms with Crippen LogP contribution in [0.1, 0.15) is 10.4 Å². The van der Waals surface area contributed by atoms with Crippen molar-refractivity contribution in [1.29, 1.82) is 0 Å².